The monoisotopic (exact) mass is 254 g/mol. The van der Waals surface area contributed by atoms with Gasteiger partial charge in [0.2, 0.25) is 0 Å². The van der Waals surface area contributed by atoms with E-state index in [0.717, 1.165) is 0 Å². The van der Waals surface area contributed by atoms with E-state index >= 15 is 0 Å². The first-order chi connectivity index (χ1) is 8.52. The molecular formula is C10H14N4O4. The van der Waals surface area contributed by atoms with Crippen LogP contribution in [0.3, 0.4) is 0 Å². The van der Waals surface area contributed by atoms with Crippen LogP contribution in [-0.4, -0.2) is 47.3 Å². The van der Waals surface area contributed by atoms with Gasteiger partial charge in [-0.25, -0.2) is 4.98 Å². The maximum atomic E-state index is 11.4. The number of hydrogen-bond acceptors (Lipinski definition) is 6. The number of hydrogen-bond donors (Lipinski definition) is 3. The van der Waals surface area contributed by atoms with Crippen molar-refractivity contribution in [2.75, 3.05) is 30.9 Å². The lowest BCUT2D eigenvalue weighted by molar-refractivity contribution is -0.141. The highest BCUT2D eigenvalue weighted by molar-refractivity contribution is 5.73. The van der Waals surface area contributed by atoms with Crippen molar-refractivity contribution in [2.24, 2.45) is 5.92 Å². The Kier molecular flexibility index (Phi) is 3.19. The first-order valence-electron chi connectivity index (χ1n) is 5.39. The predicted octanol–water partition coefficient (Wildman–Crippen LogP) is -1.11. The standard InChI is InChI=1S/C10H14N4O4/c1-14(6-3-18-2-5(6)10(16)17)8-7(11)9(15)13-4-12-8/h4-6H,2-3,11H2,1H3,(H,16,17)(H,12,13,15). The molecule has 2 heterocycles. The van der Waals surface area contributed by atoms with Gasteiger partial charge in [-0.05, 0) is 0 Å². The molecule has 0 amide bonds. The summed E-state index contributed by atoms with van der Waals surface area (Å²) < 4.78 is 5.17. The summed E-state index contributed by atoms with van der Waals surface area (Å²) in [7, 11) is 1.65. The number of ether oxygens (including phenoxy) is 1. The van der Waals surface area contributed by atoms with E-state index in [4.69, 9.17) is 15.6 Å². The summed E-state index contributed by atoms with van der Waals surface area (Å²) in [5.41, 5.74) is 5.16. The highest BCUT2D eigenvalue weighted by Crippen LogP contribution is 2.24. The maximum absolute atomic E-state index is 11.4. The summed E-state index contributed by atoms with van der Waals surface area (Å²) in [5.74, 6) is -1.33. The van der Waals surface area contributed by atoms with Crippen molar-refractivity contribution < 1.29 is 14.6 Å². The molecule has 1 aliphatic heterocycles. The molecule has 4 N–H and O–H groups in total. The zero-order valence-corrected chi connectivity index (χ0v) is 9.79. The third-order valence-corrected chi connectivity index (χ3v) is 3.07. The summed E-state index contributed by atoms with van der Waals surface area (Å²) in [6.45, 7) is 0.412. The van der Waals surface area contributed by atoms with E-state index in [-0.39, 0.29) is 30.8 Å². The Hall–Kier alpha value is -2.09. The molecule has 1 fully saturated rings. The quantitative estimate of drug-likeness (QED) is 0.625. The number of nitrogens with one attached hydrogen (secondary N) is 1. The van der Waals surface area contributed by atoms with Gasteiger partial charge in [0, 0.05) is 7.05 Å². The van der Waals surface area contributed by atoms with Crippen molar-refractivity contribution in [3.63, 3.8) is 0 Å². The van der Waals surface area contributed by atoms with Gasteiger partial charge in [0.15, 0.2) is 5.82 Å². The Morgan fingerprint density at radius 2 is 2.39 bits per heavy atom. The van der Waals surface area contributed by atoms with Crippen molar-refractivity contribution in [3.05, 3.63) is 16.7 Å². The van der Waals surface area contributed by atoms with Crippen LogP contribution >= 0.6 is 0 Å². The van der Waals surface area contributed by atoms with Crippen LogP contribution in [0.1, 0.15) is 0 Å². The number of H-pyrrole nitrogens is 1. The molecule has 2 unspecified atom stereocenters. The van der Waals surface area contributed by atoms with Crippen LogP contribution in [0, 0.1) is 5.92 Å². The molecule has 18 heavy (non-hydrogen) atoms. The van der Waals surface area contributed by atoms with E-state index in [0.29, 0.717) is 0 Å². The van der Waals surface area contributed by atoms with E-state index in [9.17, 15) is 9.59 Å². The highest BCUT2D eigenvalue weighted by Gasteiger charge is 2.37. The predicted molar refractivity (Wildman–Crippen MR) is 63.4 cm³/mol. The zero-order valence-electron chi connectivity index (χ0n) is 9.79. The summed E-state index contributed by atoms with van der Waals surface area (Å²) in [5, 5.41) is 9.08. The minimum atomic E-state index is -0.937. The summed E-state index contributed by atoms with van der Waals surface area (Å²) in [6, 6.07) is -0.390. The van der Waals surface area contributed by atoms with E-state index in [1.165, 1.54) is 6.33 Å². The van der Waals surface area contributed by atoms with Crippen molar-refractivity contribution in [2.45, 2.75) is 6.04 Å². The Labute approximate surface area is 102 Å². The van der Waals surface area contributed by atoms with Gasteiger partial charge in [-0.2, -0.15) is 0 Å². The van der Waals surface area contributed by atoms with Crippen LogP contribution in [0.15, 0.2) is 11.1 Å². The van der Waals surface area contributed by atoms with Gasteiger partial charge in [-0.3, -0.25) is 9.59 Å². The van der Waals surface area contributed by atoms with Crippen LogP contribution < -0.4 is 16.2 Å². The molecule has 0 bridgehead atoms. The smallest absolute Gasteiger partial charge is 0.311 e. The average molecular weight is 254 g/mol. The van der Waals surface area contributed by atoms with Crippen LogP contribution in [-0.2, 0) is 9.53 Å². The van der Waals surface area contributed by atoms with Gasteiger partial charge in [-0.1, -0.05) is 0 Å². The van der Waals surface area contributed by atoms with Crippen molar-refractivity contribution >= 4 is 17.5 Å². The lowest BCUT2D eigenvalue weighted by Crippen LogP contribution is -2.42. The summed E-state index contributed by atoms with van der Waals surface area (Å²) in [4.78, 5) is 30.4. The maximum Gasteiger partial charge on any atom is 0.311 e. The number of nitrogen functional groups attached to an aromatic ring is 1. The molecular weight excluding hydrogens is 240 g/mol. The molecule has 98 valence electrons. The third kappa shape index (κ3) is 2.02. The number of carboxylic acids is 1. The number of rotatable bonds is 3. The molecule has 1 aliphatic rings. The second-order valence-corrected chi connectivity index (χ2v) is 4.13. The zero-order chi connectivity index (χ0) is 13.3. The summed E-state index contributed by atoms with van der Waals surface area (Å²) >= 11 is 0. The number of aliphatic carboxylic acids is 1. The molecule has 2 atom stereocenters. The fourth-order valence-electron chi connectivity index (χ4n) is 2.00. The van der Waals surface area contributed by atoms with Crippen LogP contribution in [0.2, 0.25) is 0 Å². The first-order valence-corrected chi connectivity index (χ1v) is 5.39. The lowest BCUT2D eigenvalue weighted by Gasteiger charge is -2.27. The topological polar surface area (TPSA) is 122 Å². The van der Waals surface area contributed by atoms with Crippen molar-refractivity contribution in [1.29, 1.82) is 0 Å². The first kappa shape index (κ1) is 12.4. The SMILES string of the molecule is CN(c1nc[nH]c(=O)c1N)C1COCC1C(=O)O. The number of carbonyl (C=O) groups is 1. The molecule has 1 aromatic heterocycles. The minimum absolute atomic E-state index is 0.0314. The van der Waals surface area contributed by atoms with Crippen LogP contribution in [0.5, 0.6) is 0 Å². The largest absolute Gasteiger partial charge is 0.481 e. The van der Waals surface area contributed by atoms with E-state index in [1.54, 1.807) is 11.9 Å². The number of carboxylic acid groups (broad SMARTS) is 1. The second-order valence-electron chi connectivity index (χ2n) is 4.13. The number of anilines is 2. The Morgan fingerprint density at radius 1 is 1.67 bits per heavy atom. The third-order valence-electron chi connectivity index (χ3n) is 3.07. The normalized spacial score (nSPS) is 22.9. The minimum Gasteiger partial charge on any atom is -0.481 e. The lowest BCUT2D eigenvalue weighted by atomic mass is 10.0. The molecule has 0 spiro atoms. The fourth-order valence-corrected chi connectivity index (χ4v) is 2.00. The molecule has 0 aliphatic carbocycles. The number of nitrogens with two attached hydrogens (primary N) is 1. The second kappa shape index (κ2) is 4.65. The molecule has 2 rings (SSSR count). The Balaban J connectivity index is 2.31. The van der Waals surface area contributed by atoms with Gasteiger partial charge >= 0.3 is 5.97 Å². The van der Waals surface area contributed by atoms with Gasteiger partial charge in [-0.15, -0.1) is 0 Å². The van der Waals surface area contributed by atoms with Crippen molar-refractivity contribution in [3.8, 4) is 0 Å². The number of likely N-dealkylation sites (N-methyl/N-ethyl adjacent to an activating group) is 1. The molecule has 8 heteroatoms. The molecule has 0 saturated carbocycles. The molecule has 0 radical (unpaired) electrons. The van der Waals surface area contributed by atoms with E-state index in [1.807, 2.05) is 0 Å². The number of nitrogens with zero attached hydrogens (tertiary/aromatic N) is 2. The molecule has 1 saturated heterocycles. The molecule has 1 aromatic rings. The van der Waals surface area contributed by atoms with Gasteiger partial charge in [0.05, 0.1) is 25.6 Å². The Morgan fingerprint density at radius 3 is 3.06 bits per heavy atom. The number of aromatic amines is 1. The van der Waals surface area contributed by atoms with E-state index < -0.39 is 17.4 Å². The fraction of sp³-hybridized carbons (Fsp3) is 0.500. The van der Waals surface area contributed by atoms with Gasteiger partial charge in [0.1, 0.15) is 11.6 Å². The van der Waals surface area contributed by atoms with Crippen molar-refractivity contribution in [1.82, 2.24) is 9.97 Å². The van der Waals surface area contributed by atoms with E-state index in [2.05, 4.69) is 9.97 Å². The van der Waals surface area contributed by atoms with Gasteiger partial charge < -0.3 is 25.5 Å². The number of aromatic nitrogens is 2. The van der Waals surface area contributed by atoms with Gasteiger partial charge in [0.25, 0.3) is 5.56 Å². The Bertz CT molecular complexity index is 515. The molecule has 0 aromatic carbocycles. The average Bonchev–Trinajstić information content (AvgIpc) is 2.81. The molecule has 8 nitrogen and oxygen atoms in total. The summed E-state index contributed by atoms with van der Waals surface area (Å²) in [6.07, 6.45) is 1.23. The van der Waals surface area contributed by atoms with Crippen LogP contribution in [0.25, 0.3) is 0 Å². The van der Waals surface area contributed by atoms with Crippen LogP contribution in [0.4, 0.5) is 11.5 Å². The highest BCUT2D eigenvalue weighted by atomic mass is 16.5.